The Labute approximate surface area is 188 Å². The lowest BCUT2D eigenvalue weighted by Crippen LogP contribution is -2.43. The van der Waals surface area contributed by atoms with Gasteiger partial charge in [0.25, 0.3) is 0 Å². The number of fused-ring (bicyclic) bond motifs is 1. The van der Waals surface area contributed by atoms with Gasteiger partial charge < -0.3 is 14.7 Å². The van der Waals surface area contributed by atoms with Crippen LogP contribution in [0.2, 0.25) is 0 Å². The zero-order valence-corrected chi connectivity index (χ0v) is 17.8. The lowest BCUT2D eigenvalue weighted by Gasteiger charge is -2.41. The van der Waals surface area contributed by atoms with Gasteiger partial charge in [0, 0.05) is 28.9 Å². The minimum Gasteiger partial charge on any atom is -0.508 e. The molecule has 3 nitrogen and oxygen atoms in total. The Morgan fingerprint density at radius 2 is 1.34 bits per heavy atom. The lowest BCUT2D eigenvalue weighted by molar-refractivity contribution is -0.114. The molecule has 1 heterocycles. The summed E-state index contributed by atoms with van der Waals surface area (Å²) in [5, 5.41) is 9.68. The van der Waals surface area contributed by atoms with Gasteiger partial charge in [-0.2, -0.15) is 0 Å². The fraction of sp³-hybridized carbons (Fsp3) is 0.103. The summed E-state index contributed by atoms with van der Waals surface area (Å²) >= 11 is 0. The van der Waals surface area contributed by atoms with Crippen LogP contribution in [0.5, 0.6) is 5.75 Å². The van der Waals surface area contributed by atoms with Gasteiger partial charge in [0.2, 0.25) is 0 Å². The Kier molecular flexibility index (Phi) is 5.26. The zero-order chi connectivity index (χ0) is 22.0. The van der Waals surface area contributed by atoms with Gasteiger partial charge in [-0.1, -0.05) is 104 Å². The van der Waals surface area contributed by atoms with Crippen LogP contribution in [0, 0.1) is 0 Å². The van der Waals surface area contributed by atoms with E-state index in [1.165, 1.54) is 5.56 Å². The van der Waals surface area contributed by atoms with E-state index in [0.717, 1.165) is 28.0 Å². The lowest BCUT2D eigenvalue weighted by atomic mass is 9.93. The monoisotopic (exact) mass is 419 g/mol. The Morgan fingerprint density at radius 1 is 0.719 bits per heavy atom. The van der Waals surface area contributed by atoms with Gasteiger partial charge in [0.1, 0.15) is 5.75 Å². The number of hydrogen-bond donors (Lipinski definition) is 1. The fourth-order valence-electron chi connectivity index (χ4n) is 4.48. The second-order valence-corrected chi connectivity index (χ2v) is 8.03. The number of benzene rings is 4. The van der Waals surface area contributed by atoms with Gasteiger partial charge in [-0.25, -0.2) is 0 Å². The van der Waals surface area contributed by atoms with Crippen LogP contribution in [-0.2, 0) is 23.6 Å². The predicted molar refractivity (Wildman–Crippen MR) is 128 cm³/mol. The van der Waals surface area contributed by atoms with Crippen molar-refractivity contribution in [3.63, 3.8) is 0 Å². The minimum absolute atomic E-state index is 0.247. The summed E-state index contributed by atoms with van der Waals surface area (Å²) in [5.74, 6) is 0.247. The molecule has 0 saturated carbocycles. The van der Waals surface area contributed by atoms with E-state index in [4.69, 9.17) is 4.74 Å². The highest BCUT2D eigenvalue weighted by Gasteiger charge is 2.49. The molecular weight excluding hydrogens is 394 g/mol. The van der Waals surface area contributed by atoms with Crippen LogP contribution in [0.25, 0.3) is 5.70 Å². The molecule has 32 heavy (non-hydrogen) atoms. The molecule has 3 heteroatoms. The van der Waals surface area contributed by atoms with Gasteiger partial charge in [0.05, 0.1) is 6.61 Å². The normalized spacial score (nSPS) is 17.4. The van der Waals surface area contributed by atoms with Crippen LogP contribution in [0.3, 0.4) is 0 Å². The average Bonchev–Trinajstić information content (AvgIpc) is 3.08. The van der Waals surface area contributed by atoms with Crippen molar-refractivity contribution >= 4 is 5.70 Å². The first-order valence-electron chi connectivity index (χ1n) is 10.8. The highest BCUT2D eigenvalue weighted by molar-refractivity contribution is 5.73. The first-order chi connectivity index (χ1) is 15.7. The van der Waals surface area contributed by atoms with Crippen molar-refractivity contribution in [2.45, 2.75) is 18.9 Å². The van der Waals surface area contributed by atoms with Crippen molar-refractivity contribution in [3.05, 3.63) is 144 Å². The number of phenols is 1. The Balaban J connectivity index is 1.65. The summed E-state index contributed by atoms with van der Waals surface area (Å²) in [4.78, 5) is 2.27. The van der Waals surface area contributed by atoms with Crippen molar-refractivity contribution in [2.75, 3.05) is 0 Å². The molecule has 1 aliphatic heterocycles. The van der Waals surface area contributed by atoms with Gasteiger partial charge in [-0.15, -0.1) is 0 Å². The van der Waals surface area contributed by atoms with Crippen molar-refractivity contribution in [3.8, 4) is 5.75 Å². The van der Waals surface area contributed by atoms with E-state index in [1.807, 2.05) is 42.5 Å². The Morgan fingerprint density at radius 3 is 2.06 bits per heavy atom. The van der Waals surface area contributed by atoms with Crippen LogP contribution >= 0.6 is 0 Å². The molecule has 0 spiro atoms. The first kappa shape index (κ1) is 20.1. The van der Waals surface area contributed by atoms with Gasteiger partial charge in [-0.3, -0.25) is 0 Å². The fourth-order valence-corrected chi connectivity index (χ4v) is 4.48. The molecule has 4 aromatic carbocycles. The van der Waals surface area contributed by atoms with E-state index >= 15 is 0 Å². The summed E-state index contributed by atoms with van der Waals surface area (Å²) in [6.45, 7) is 5.53. The molecule has 0 saturated heterocycles. The van der Waals surface area contributed by atoms with E-state index in [0.29, 0.717) is 13.2 Å². The minimum atomic E-state index is -0.817. The molecule has 0 aromatic heterocycles. The summed E-state index contributed by atoms with van der Waals surface area (Å²) in [5.41, 5.74) is 5.55. The van der Waals surface area contributed by atoms with E-state index < -0.39 is 5.72 Å². The number of hydrogen-bond acceptors (Lipinski definition) is 3. The summed E-state index contributed by atoms with van der Waals surface area (Å²) < 4.78 is 6.87. The van der Waals surface area contributed by atoms with Crippen LogP contribution in [0.1, 0.15) is 27.8 Å². The summed E-state index contributed by atoms with van der Waals surface area (Å²) in [6.07, 6.45) is 0. The maximum absolute atomic E-state index is 9.68. The third-order valence-corrected chi connectivity index (χ3v) is 6.04. The molecule has 0 bridgehead atoms. The smallest absolute Gasteiger partial charge is 0.195 e. The second kappa shape index (κ2) is 8.37. The van der Waals surface area contributed by atoms with Gasteiger partial charge in [-0.05, 0) is 23.3 Å². The van der Waals surface area contributed by atoms with Crippen LogP contribution in [-0.4, -0.2) is 10.0 Å². The van der Waals surface area contributed by atoms with E-state index in [1.54, 1.807) is 12.1 Å². The topological polar surface area (TPSA) is 32.7 Å². The molecule has 1 atom stereocenters. The Hall–Kier alpha value is -3.82. The predicted octanol–water partition coefficient (Wildman–Crippen LogP) is 6.30. The summed E-state index contributed by atoms with van der Waals surface area (Å²) in [6, 6.07) is 36.3. The third kappa shape index (κ3) is 3.47. The molecule has 1 N–H and O–H groups in total. The zero-order valence-electron chi connectivity index (χ0n) is 17.8. The number of ether oxygens (including phenoxy) is 1. The molecule has 158 valence electrons. The number of nitrogens with zero attached hydrogens (tertiary/aromatic N) is 1. The van der Waals surface area contributed by atoms with Crippen LogP contribution in [0.4, 0.5) is 0 Å². The highest BCUT2D eigenvalue weighted by atomic mass is 16.5. The first-order valence-corrected chi connectivity index (χ1v) is 10.8. The standard InChI is InChI=1S/C29H25NO2/c1-22-27-14-8-9-15-28(27)29(25-12-6-3-7-13-25,30(22)20-23-10-4-2-5-11-23)32-21-24-16-18-26(31)19-17-24/h2-19,31H,1,20-21H2. The molecule has 5 rings (SSSR count). The molecule has 0 aliphatic carbocycles. The number of phenolic OH excluding ortho intramolecular Hbond substituents is 1. The van der Waals surface area contributed by atoms with Crippen molar-refractivity contribution in [1.82, 2.24) is 4.90 Å². The van der Waals surface area contributed by atoms with Crippen molar-refractivity contribution in [1.29, 1.82) is 0 Å². The second-order valence-electron chi connectivity index (χ2n) is 8.03. The molecule has 0 fully saturated rings. The molecule has 1 aliphatic rings. The Bertz CT molecular complexity index is 1220. The molecule has 4 aromatic rings. The van der Waals surface area contributed by atoms with Gasteiger partial charge >= 0.3 is 0 Å². The van der Waals surface area contributed by atoms with Crippen LogP contribution < -0.4 is 0 Å². The maximum atomic E-state index is 9.68. The molecular formula is C29H25NO2. The average molecular weight is 420 g/mol. The largest absolute Gasteiger partial charge is 0.508 e. The molecule has 0 amide bonds. The van der Waals surface area contributed by atoms with E-state index in [2.05, 4.69) is 66.1 Å². The number of rotatable bonds is 6. The maximum Gasteiger partial charge on any atom is 0.195 e. The van der Waals surface area contributed by atoms with Crippen molar-refractivity contribution in [2.24, 2.45) is 0 Å². The molecule has 1 unspecified atom stereocenters. The van der Waals surface area contributed by atoms with E-state index in [9.17, 15) is 5.11 Å². The van der Waals surface area contributed by atoms with Crippen LogP contribution in [0.15, 0.2) is 116 Å². The quantitative estimate of drug-likeness (QED) is 0.398. The summed E-state index contributed by atoms with van der Waals surface area (Å²) in [7, 11) is 0. The van der Waals surface area contributed by atoms with Crippen molar-refractivity contribution < 1.29 is 9.84 Å². The SMILES string of the molecule is C=C1c2ccccc2C(OCc2ccc(O)cc2)(c2ccccc2)N1Cc1ccccc1. The number of aromatic hydroxyl groups is 1. The van der Waals surface area contributed by atoms with Gasteiger partial charge in [0.15, 0.2) is 5.72 Å². The third-order valence-electron chi connectivity index (χ3n) is 6.04. The molecule has 0 radical (unpaired) electrons. The van der Waals surface area contributed by atoms with E-state index in [-0.39, 0.29) is 5.75 Å². The highest BCUT2D eigenvalue weighted by Crippen LogP contribution is 2.51.